The predicted molar refractivity (Wildman–Crippen MR) is 84.5 cm³/mol. The zero-order valence-electron chi connectivity index (χ0n) is 12.6. The number of aliphatic hydroxyl groups excluding tert-OH is 1. The van der Waals surface area contributed by atoms with Gasteiger partial charge in [-0.25, -0.2) is 4.98 Å². The van der Waals surface area contributed by atoms with Crippen LogP contribution in [0, 0.1) is 6.92 Å². The molecule has 0 aliphatic carbocycles. The molecule has 0 aliphatic heterocycles. The predicted octanol–water partition coefficient (Wildman–Crippen LogP) is 2.68. The monoisotopic (exact) mass is 307 g/mol. The number of nitrogens with one attached hydrogen (secondary N) is 1. The van der Waals surface area contributed by atoms with E-state index in [0.717, 1.165) is 16.3 Å². The Morgan fingerprint density at radius 2 is 2.29 bits per heavy atom. The SMILES string of the molecule is Cc1nc(-c2c[nH]c(C(=O)N(CCCO)C(C)C)c2)cs1. The van der Waals surface area contributed by atoms with E-state index in [4.69, 9.17) is 5.11 Å². The quantitative estimate of drug-likeness (QED) is 0.862. The van der Waals surface area contributed by atoms with E-state index in [1.165, 1.54) is 0 Å². The van der Waals surface area contributed by atoms with Crippen molar-refractivity contribution in [1.29, 1.82) is 0 Å². The molecule has 0 atom stereocenters. The second kappa shape index (κ2) is 6.87. The van der Waals surface area contributed by atoms with Gasteiger partial charge in [-0.15, -0.1) is 11.3 Å². The molecule has 21 heavy (non-hydrogen) atoms. The van der Waals surface area contributed by atoms with Gasteiger partial charge in [0.1, 0.15) is 5.69 Å². The standard InChI is InChI=1S/C15H21N3O2S/c1-10(2)18(5-4-6-19)15(20)13-7-12(8-16-13)14-9-21-11(3)17-14/h7-10,16,19H,4-6H2,1-3H3. The second-order valence-corrected chi connectivity index (χ2v) is 6.29. The summed E-state index contributed by atoms with van der Waals surface area (Å²) in [7, 11) is 0. The first-order valence-electron chi connectivity index (χ1n) is 7.05. The summed E-state index contributed by atoms with van der Waals surface area (Å²) >= 11 is 1.59. The number of aryl methyl sites for hydroxylation is 1. The summed E-state index contributed by atoms with van der Waals surface area (Å²) in [5.41, 5.74) is 2.37. The molecule has 6 heteroatoms. The van der Waals surface area contributed by atoms with Gasteiger partial charge in [-0.05, 0) is 33.3 Å². The molecule has 5 nitrogen and oxygen atoms in total. The summed E-state index contributed by atoms with van der Waals surface area (Å²) in [6.45, 7) is 6.55. The van der Waals surface area contributed by atoms with Crippen LogP contribution in [0.15, 0.2) is 17.6 Å². The second-order valence-electron chi connectivity index (χ2n) is 5.22. The minimum absolute atomic E-state index is 0.0448. The van der Waals surface area contributed by atoms with Crippen molar-refractivity contribution in [3.05, 3.63) is 28.3 Å². The fourth-order valence-electron chi connectivity index (χ4n) is 2.15. The highest BCUT2D eigenvalue weighted by atomic mass is 32.1. The van der Waals surface area contributed by atoms with Crippen molar-refractivity contribution in [3.63, 3.8) is 0 Å². The zero-order valence-corrected chi connectivity index (χ0v) is 13.4. The van der Waals surface area contributed by atoms with Crippen molar-refractivity contribution in [3.8, 4) is 11.3 Å². The molecular weight excluding hydrogens is 286 g/mol. The first kappa shape index (κ1) is 15.7. The van der Waals surface area contributed by atoms with E-state index in [9.17, 15) is 4.79 Å². The summed E-state index contributed by atoms with van der Waals surface area (Å²) in [4.78, 5) is 21.8. The molecule has 0 aliphatic rings. The van der Waals surface area contributed by atoms with Crippen LogP contribution in [0.5, 0.6) is 0 Å². The van der Waals surface area contributed by atoms with Crippen LogP contribution in [0.1, 0.15) is 35.8 Å². The Kier molecular flexibility index (Phi) is 5.14. The third-order valence-corrected chi connectivity index (χ3v) is 4.04. The van der Waals surface area contributed by atoms with E-state index in [2.05, 4.69) is 9.97 Å². The largest absolute Gasteiger partial charge is 0.396 e. The molecule has 2 N–H and O–H groups in total. The molecule has 2 aromatic heterocycles. The number of carbonyl (C=O) groups is 1. The van der Waals surface area contributed by atoms with Gasteiger partial charge in [0.15, 0.2) is 0 Å². The summed E-state index contributed by atoms with van der Waals surface area (Å²) in [5.74, 6) is -0.0448. The van der Waals surface area contributed by atoms with Crippen molar-refractivity contribution in [1.82, 2.24) is 14.9 Å². The molecule has 2 aromatic rings. The van der Waals surface area contributed by atoms with Gasteiger partial charge in [0.25, 0.3) is 5.91 Å². The van der Waals surface area contributed by atoms with Crippen molar-refractivity contribution >= 4 is 17.2 Å². The van der Waals surface area contributed by atoms with Crippen LogP contribution in [0.3, 0.4) is 0 Å². The van der Waals surface area contributed by atoms with Gasteiger partial charge in [-0.2, -0.15) is 0 Å². The highest BCUT2D eigenvalue weighted by molar-refractivity contribution is 7.09. The number of aromatic amines is 1. The van der Waals surface area contributed by atoms with E-state index in [-0.39, 0.29) is 18.6 Å². The van der Waals surface area contributed by atoms with Gasteiger partial charge >= 0.3 is 0 Å². The topological polar surface area (TPSA) is 69.2 Å². The molecule has 114 valence electrons. The van der Waals surface area contributed by atoms with Crippen LogP contribution >= 0.6 is 11.3 Å². The fourth-order valence-corrected chi connectivity index (χ4v) is 2.77. The number of amides is 1. The lowest BCUT2D eigenvalue weighted by Gasteiger charge is -2.26. The van der Waals surface area contributed by atoms with Gasteiger partial charge < -0.3 is 15.0 Å². The van der Waals surface area contributed by atoms with Crippen LogP contribution in [-0.4, -0.2) is 45.1 Å². The van der Waals surface area contributed by atoms with Crippen LogP contribution < -0.4 is 0 Å². The Hall–Kier alpha value is -1.66. The Labute approximate surface area is 128 Å². The molecule has 0 radical (unpaired) electrons. The van der Waals surface area contributed by atoms with Crippen molar-refractivity contribution in [2.75, 3.05) is 13.2 Å². The maximum atomic E-state index is 12.5. The van der Waals surface area contributed by atoms with Gasteiger partial charge in [0, 0.05) is 36.3 Å². The molecular formula is C15H21N3O2S. The minimum atomic E-state index is -0.0448. The molecule has 0 spiro atoms. The summed E-state index contributed by atoms with van der Waals surface area (Å²) in [6, 6.07) is 1.93. The maximum Gasteiger partial charge on any atom is 0.270 e. The molecule has 0 fully saturated rings. The summed E-state index contributed by atoms with van der Waals surface area (Å²) in [5, 5.41) is 11.9. The van der Waals surface area contributed by atoms with Crippen molar-refractivity contribution in [2.24, 2.45) is 0 Å². The summed E-state index contributed by atoms with van der Waals surface area (Å²) in [6.07, 6.45) is 2.40. The number of hydrogen-bond donors (Lipinski definition) is 2. The highest BCUT2D eigenvalue weighted by Crippen LogP contribution is 2.23. The highest BCUT2D eigenvalue weighted by Gasteiger charge is 2.20. The number of hydrogen-bond acceptors (Lipinski definition) is 4. The molecule has 0 saturated carbocycles. The van der Waals surface area contributed by atoms with Crippen LogP contribution in [-0.2, 0) is 0 Å². The van der Waals surface area contributed by atoms with Crippen LogP contribution in [0.4, 0.5) is 0 Å². The number of rotatable bonds is 6. The van der Waals surface area contributed by atoms with Crippen molar-refractivity contribution < 1.29 is 9.90 Å². The average molecular weight is 307 g/mol. The Morgan fingerprint density at radius 3 is 2.86 bits per heavy atom. The molecule has 2 rings (SSSR count). The van der Waals surface area contributed by atoms with E-state index in [0.29, 0.717) is 18.7 Å². The van der Waals surface area contributed by atoms with Crippen LogP contribution in [0.2, 0.25) is 0 Å². The lowest BCUT2D eigenvalue weighted by Crippen LogP contribution is -2.38. The number of thiazole rings is 1. The van der Waals surface area contributed by atoms with E-state index in [1.807, 2.05) is 38.4 Å². The van der Waals surface area contributed by atoms with E-state index in [1.54, 1.807) is 16.2 Å². The normalized spacial score (nSPS) is 11.1. The average Bonchev–Trinajstić information content (AvgIpc) is 3.07. The smallest absolute Gasteiger partial charge is 0.270 e. The maximum absolute atomic E-state index is 12.5. The first-order chi connectivity index (χ1) is 10.0. The fraction of sp³-hybridized carbons (Fsp3) is 0.467. The Morgan fingerprint density at radius 1 is 1.52 bits per heavy atom. The Balaban J connectivity index is 2.17. The molecule has 0 saturated heterocycles. The zero-order chi connectivity index (χ0) is 15.4. The number of nitrogens with zero attached hydrogens (tertiary/aromatic N) is 2. The van der Waals surface area contributed by atoms with Crippen LogP contribution in [0.25, 0.3) is 11.3 Å². The number of aliphatic hydroxyl groups is 1. The number of aromatic nitrogens is 2. The lowest BCUT2D eigenvalue weighted by molar-refractivity contribution is 0.0688. The van der Waals surface area contributed by atoms with E-state index >= 15 is 0 Å². The summed E-state index contributed by atoms with van der Waals surface area (Å²) < 4.78 is 0. The number of carbonyl (C=O) groups excluding carboxylic acids is 1. The minimum Gasteiger partial charge on any atom is -0.396 e. The van der Waals surface area contributed by atoms with Crippen molar-refractivity contribution in [2.45, 2.75) is 33.2 Å². The third-order valence-electron chi connectivity index (χ3n) is 3.27. The third kappa shape index (κ3) is 3.71. The Bertz CT molecular complexity index is 604. The van der Waals surface area contributed by atoms with E-state index < -0.39 is 0 Å². The van der Waals surface area contributed by atoms with Gasteiger partial charge in [0.2, 0.25) is 0 Å². The molecule has 0 unspecified atom stereocenters. The van der Waals surface area contributed by atoms with Gasteiger partial charge in [0.05, 0.1) is 10.7 Å². The molecule has 0 aromatic carbocycles. The molecule has 0 bridgehead atoms. The molecule has 2 heterocycles. The first-order valence-corrected chi connectivity index (χ1v) is 7.93. The van der Waals surface area contributed by atoms with Gasteiger partial charge in [-0.3, -0.25) is 4.79 Å². The lowest BCUT2D eigenvalue weighted by atomic mass is 10.2. The van der Waals surface area contributed by atoms with Gasteiger partial charge in [-0.1, -0.05) is 0 Å². The number of H-pyrrole nitrogens is 1. The molecule has 1 amide bonds.